The van der Waals surface area contributed by atoms with E-state index in [1.165, 1.54) is 13.2 Å². The van der Waals surface area contributed by atoms with Gasteiger partial charge in [-0.15, -0.1) is 0 Å². The number of fused-ring (bicyclic) bond motifs is 1. The monoisotopic (exact) mass is 338 g/mol. The Kier molecular flexibility index (Phi) is 4.52. The number of hydrogen-bond donors (Lipinski definition) is 1. The number of ether oxygens (including phenoxy) is 1. The van der Waals surface area contributed by atoms with Gasteiger partial charge in [0.25, 0.3) is 0 Å². The summed E-state index contributed by atoms with van der Waals surface area (Å²) in [4.78, 5) is 8.44. The Balaban J connectivity index is 2.00. The molecule has 0 aliphatic carbocycles. The van der Waals surface area contributed by atoms with Crippen LogP contribution in [0.15, 0.2) is 41.5 Å². The van der Waals surface area contributed by atoms with Crippen molar-refractivity contribution in [3.05, 3.63) is 53.6 Å². The third-order valence-electron chi connectivity index (χ3n) is 4.10. The van der Waals surface area contributed by atoms with Gasteiger partial charge in [0.15, 0.2) is 11.6 Å². The van der Waals surface area contributed by atoms with Crippen molar-refractivity contribution in [1.29, 1.82) is 0 Å². The first kappa shape index (κ1) is 16.7. The van der Waals surface area contributed by atoms with Crippen LogP contribution in [0.4, 0.5) is 15.9 Å². The summed E-state index contributed by atoms with van der Waals surface area (Å²) in [5.41, 5.74) is 3.70. The van der Waals surface area contributed by atoms with E-state index in [0.717, 1.165) is 22.3 Å². The molecular weight excluding hydrogens is 319 g/mol. The van der Waals surface area contributed by atoms with Crippen LogP contribution in [-0.4, -0.2) is 23.4 Å². The Bertz CT molecular complexity index is 975. The van der Waals surface area contributed by atoms with E-state index in [0.29, 0.717) is 11.5 Å². The predicted molar refractivity (Wildman–Crippen MR) is 100 cm³/mol. The summed E-state index contributed by atoms with van der Waals surface area (Å²) in [5.74, 6) is 0.450. The van der Waals surface area contributed by atoms with Gasteiger partial charge in [0, 0.05) is 36.1 Å². The van der Waals surface area contributed by atoms with Gasteiger partial charge >= 0.3 is 0 Å². The largest absolute Gasteiger partial charge is 0.494 e. The maximum atomic E-state index is 13.5. The lowest BCUT2D eigenvalue weighted by Crippen LogP contribution is -1.98. The van der Waals surface area contributed by atoms with Crippen molar-refractivity contribution >= 4 is 35.3 Å². The van der Waals surface area contributed by atoms with Crippen molar-refractivity contribution in [3.8, 4) is 5.75 Å². The number of pyridine rings is 1. The Morgan fingerprint density at radius 3 is 2.84 bits per heavy atom. The van der Waals surface area contributed by atoms with Crippen LogP contribution in [0.2, 0.25) is 0 Å². The number of aliphatic imine (C=N–C) groups is 1. The zero-order valence-corrected chi connectivity index (χ0v) is 14.4. The highest BCUT2D eigenvalue weighted by atomic mass is 19.1. The number of benzene rings is 1. The molecule has 3 aromatic rings. The van der Waals surface area contributed by atoms with Crippen molar-refractivity contribution in [2.75, 3.05) is 12.4 Å². The summed E-state index contributed by atoms with van der Waals surface area (Å²) < 4.78 is 20.5. The third kappa shape index (κ3) is 3.10. The zero-order valence-electron chi connectivity index (χ0n) is 14.4. The molecule has 25 heavy (non-hydrogen) atoms. The molecule has 0 spiro atoms. The Morgan fingerprint density at radius 1 is 1.32 bits per heavy atom. The van der Waals surface area contributed by atoms with Crippen LogP contribution in [0.1, 0.15) is 11.3 Å². The maximum absolute atomic E-state index is 13.5. The summed E-state index contributed by atoms with van der Waals surface area (Å²) >= 11 is 0. The molecule has 2 aromatic heterocycles. The molecule has 0 unspecified atom stereocenters. The number of rotatable bonds is 5. The average molecular weight is 338 g/mol. The molecular formula is C19H19FN4O. The van der Waals surface area contributed by atoms with Gasteiger partial charge in [0.2, 0.25) is 0 Å². The Labute approximate surface area is 145 Å². The number of aromatic nitrogens is 2. The molecule has 0 radical (unpaired) electrons. The molecule has 3 rings (SSSR count). The van der Waals surface area contributed by atoms with Crippen LogP contribution in [0.5, 0.6) is 5.75 Å². The lowest BCUT2D eigenvalue weighted by molar-refractivity contribution is 0.387. The SMILES string of the molecule is C=N/C=C\c1c(C)c2ccc(Nc3ccc(F)c(OC)c3)nc2n1C. The topological polar surface area (TPSA) is 51.4 Å². The highest BCUT2D eigenvalue weighted by Crippen LogP contribution is 2.28. The number of halogens is 1. The number of anilines is 2. The van der Waals surface area contributed by atoms with Gasteiger partial charge in [-0.3, -0.25) is 4.99 Å². The van der Waals surface area contributed by atoms with Gasteiger partial charge in [0.05, 0.1) is 7.11 Å². The average Bonchev–Trinajstić information content (AvgIpc) is 2.85. The standard InChI is InChI=1S/C19H19FN4O/c1-12-14-6-8-18(22-13-5-7-15(20)17(11-13)25-4)23-19(14)24(3)16(12)9-10-21-2/h5-11H,2H2,1,3-4H3,(H,22,23)/b10-9-. The quantitative estimate of drug-likeness (QED) is 0.700. The third-order valence-corrected chi connectivity index (χ3v) is 4.10. The van der Waals surface area contributed by atoms with Crippen LogP contribution in [0.25, 0.3) is 17.1 Å². The van der Waals surface area contributed by atoms with Crippen molar-refractivity contribution < 1.29 is 9.13 Å². The second-order valence-corrected chi connectivity index (χ2v) is 5.61. The minimum Gasteiger partial charge on any atom is -0.494 e. The van der Waals surface area contributed by atoms with Crippen LogP contribution in [0, 0.1) is 12.7 Å². The Hall–Kier alpha value is -3.15. The summed E-state index contributed by atoms with van der Waals surface area (Å²) in [6, 6.07) is 8.51. The summed E-state index contributed by atoms with van der Waals surface area (Å²) in [7, 11) is 3.39. The van der Waals surface area contributed by atoms with Crippen LogP contribution < -0.4 is 10.1 Å². The molecule has 5 nitrogen and oxygen atoms in total. The number of nitrogens with one attached hydrogen (secondary N) is 1. The molecule has 0 fully saturated rings. The van der Waals surface area contributed by atoms with E-state index in [4.69, 9.17) is 4.74 Å². The van der Waals surface area contributed by atoms with E-state index in [-0.39, 0.29) is 5.75 Å². The van der Waals surface area contributed by atoms with Crippen LogP contribution >= 0.6 is 0 Å². The summed E-state index contributed by atoms with van der Waals surface area (Å²) in [5, 5.41) is 4.24. The van der Waals surface area contributed by atoms with Gasteiger partial charge in [-0.25, -0.2) is 9.37 Å². The molecule has 6 heteroatoms. The van der Waals surface area contributed by atoms with Crippen molar-refractivity contribution in [2.24, 2.45) is 12.0 Å². The highest BCUT2D eigenvalue weighted by molar-refractivity contribution is 5.86. The molecule has 0 saturated carbocycles. The predicted octanol–water partition coefficient (Wildman–Crippen LogP) is 4.44. The first-order valence-corrected chi connectivity index (χ1v) is 7.74. The summed E-state index contributed by atoms with van der Waals surface area (Å²) in [6.45, 7) is 5.51. The Morgan fingerprint density at radius 2 is 2.12 bits per heavy atom. The lowest BCUT2D eigenvalue weighted by atomic mass is 10.2. The van der Waals surface area contributed by atoms with E-state index in [9.17, 15) is 4.39 Å². The normalized spacial score (nSPS) is 11.2. The van der Waals surface area contributed by atoms with E-state index in [1.807, 2.05) is 36.7 Å². The summed E-state index contributed by atoms with van der Waals surface area (Å²) in [6.07, 6.45) is 3.56. The number of methoxy groups -OCH3 is 1. The first-order valence-electron chi connectivity index (χ1n) is 7.74. The fourth-order valence-electron chi connectivity index (χ4n) is 2.82. The molecule has 1 N–H and O–H groups in total. The van der Waals surface area contributed by atoms with E-state index < -0.39 is 5.82 Å². The van der Waals surface area contributed by atoms with Gasteiger partial charge in [-0.1, -0.05) is 0 Å². The van der Waals surface area contributed by atoms with Gasteiger partial charge in [0.1, 0.15) is 11.5 Å². The maximum Gasteiger partial charge on any atom is 0.165 e. The van der Waals surface area contributed by atoms with E-state index in [2.05, 4.69) is 22.0 Å². The minimum atomic E-state index is -0.401. The van der Waals surface area contributed by atoms with E-state index in [1.54, 1.807) is 18.3 Å². The van der Waals surface area contributed by atoms with Crippen molar-refractivity contribution in [3.63, 3.8) is 0 Å². The van der Waals surface area contributed by atoms with Crippen LogP contribution in [0.3, 0.4) is 0 Å². The van der Waals surface area contributed by atoms with Gasteiger partial charge in [-0.2, -0.15) is 0 Å². The lowest BCUT2D eigenvalue weighted by Gasteiger charge is -2.09. The van der Waals surface area contributed by atoms with Gasteiger partial charge < -0.3 is 14.6 Å². The van der Waals surface area contributed by atoms with Crippen molar-refractivity contribution in [2.45, 2.75) is 6.92 Å². The molecule has 0 aliphatic rings. The minimum absolute atomic E-state index is 0.185. The van der Waals surface area contributed by atoms with Gasteiger partial charge in [-0.05, 0) is 49.5 Å². The first-order chi connectivity index (χ1) is 12.0. The van der Waals surface area contributed by atoms with E-state index >= 15 is 0 Å². The molecule has 0 amide bonds. The second kappa shape index (κ2) is 6.76. The fourth-order valence-corrected chi connectivity index (χ4v) is 2.82. The number of aryl methyl sites for hydroxylation is 2. The molecule has 0 saturated heterocycles. The molecule has 128 valence electrons. The van der Waals surface area contributed by atoms with Crippen LogP contribution in [-0.2, 0) is 7.05 Å². The smallest absolute Gasteiger partial charge is 0.165 e. The highest BCUT2D eigenvalue weighted by Gasteiger charge is 2.12. The molecule has 2 heterocycles. The zero-order chi connectivity index (χ0) is 18.0. The molecule has 1 aromatic carbocycles. The fraction of sp³-hybridized carbons (Fsp3) is 0.158. The molecule has 0 atom stereocenters. The second-order valence-electron chi connectivity index (χ2n) is 5.61. The number of nitrogens with zero attached hydrogens (tertiary/aromatic N) is 3. The molecule has 0 bridgehead atoms. The van der Waals surface area contributed by atoms with Crippen molar-refractivity contribution in [1.82, 2.24) is 9.55 Å². The molecule has 0 aliphatic heterocycles. The number of hydrogen-bond acceptors (Lipinski definition) is 4.